The quantitative estimate of drug-likeness (QED) is 0.754. The van der Waals surface area contributed by atoms with Gasteiger partial charge >= 0.3 is 0 Å². The summed E-state index contributed by atoms with van der Waals surface area (Å²) in [6, 6.07) is 5.50. The van der Waals surface area contributed by atoms with Crippen LogP contribution in [0.1, 0.15) is 24.2 Å². The molecular formula is C15H14Br2F2N2. The number of halogens is 4. The van der Waals surface area contributed by atoms with Crippen LogP contribution in [0, 0.1) is 11.6 Å². The molecule has 21 heavy (non-hydrogen) atoms. The molecular weight excluding hydrogens is 406 g/mol. The normalized spacial score (nSPS) is 12.4. The number of benzene rings is 1. The summed E-state index contributed by atoms with van der Waals surface area (Å²) in [7, 11) is 0. The van der Waals surface area contributed by atoms with Gasteiger partial charge in [-0.15, -0.1) is 0 Å². The van der Waals surface area contributed by atoms with Crippen LogP contribution in [0.5, 0.6) is 0 Å². The number of hydrogen-bond acceptors (Lipinski definition) is 2. The summed E-state index contributed by atoms with van der Waals surface area (Å²) < 4.78 is 29.3. The summed E-state index contributed by atoms with van der Waals surface area (Å²) in [5, 5.41) is 3.22. The van der Waals surface area contributed by atoms with Crippen LogP contribution in [-0.4, -0.2) is 11.5 Å². The molecule has 0 aliphatic carbocycles. The third-order valence-electron chi connectivity index (χ3n) is 3.09. The van der Waals surface area contributed by atoms with Gasteiger partial charge in [-0.25, -0.2) is 8.78 Å². The molecule has 1 unspecified atom stereocenters. The van der Waals surface area contributed by atoms with E-state index in [0.717, 1.165) is 14.6 Å². The molecule has 0 aliphatic rings. The lowest BCUT2D eigenvalue weighted by Gasteiger charge is -2.19. The SMILES string of the molecule is CCNC(Cc1c(F)cccc1F)c1ncc(Br)cc1Br. The maximum atomic E-state index is 13.8. The topological polar surface area (TPSA) is 24.9 Å². The highest BCUT2D eigenvalue weighted by atomic mass is 79.9. The van der Waals surface area contributed by atoms with Crippen molar-refractivity contribution < 1.29 is 8.78 Å². The maximum Gasteiger partial charge on any atom is 0.129 e. The first-order valence-electron chi connectivity index (χ1n) is 6.50. The number of rotatable bonds is 5. The Bertz CT molecular complexity index is 615. The Morgan fingerprint density at radius 2 is 1.90 bits per heavy atom. The zero-order chi connectivity index (χ0) is 15.4. The molecule has 1 N–H and O–H groups in total. The second kappa shape index (κ2) is 7.42. The van der Waals surface area contributed by atoms with Gasteiger partial charge in [-0.3, -0.25) is 4.98 Å². The monoisotopic (exact) mass is 418 g/mol. The Kier molecular flexibility index (Phi) is 5.84. The number of likely N-dealkylation sites (N-methyl/N-ethyl adjacent to an activating group) is 1. The van der Waals surface area contributed by atoms with Crippen molar-refractivity contribution in [2.24, 2.45) is 0 Å². The molecule has 1 aromatic carbocycles. The summed E-state index contributed by atoms with van der Waals surface area (Å²) in [6.07, 6.45) is 1.86. The van der Waals surface area contributed by atoms with Gasteiger partial charge in [0.2, 0.25) is 0 Å². The van der Waals surface area contributed by atoms with Gasteiger partial charge in [-0.05, 0) is 63.0 Å². The molecule has 1 heterocycles. The minimum absolute atomic E-state index is 0.0695. The first-order valence-corrected chi connectivity index (χ1v) is 8.08. The lowest BCUT2D eigenvalue weighted by molar-refractivity contribution is 0.491. The predicted octanol–water partition coefficient (Wildman–Crippen LogP) is 4.78. The summed E-state index contributed by atoms with van der Waals surface area (Å²) >= 11 is 6.79. The summed E-state index contributed by atoms with van der Waals surface area (Å²) in [5.74, 6) is -1.07. The van der Waals surface area contributed by atoms with Crippen molar-refractivity contribution in [3.63, 3.8) is 0 Å². The second-order valence-corrected chi connectivity index (χ2v) is 6.31. The Morgan fingerprint density at radius 3 is 2.48 bits per heavy atom. The van der Waals surface area contributed by atoms with Crippen LogP contribution in [0.3, 0.4) is 0 Å². The standard InChI is InChI=1S/C15H14Br2F2N2/c1-2-20-14(15-11(17)6-9(16)8-21-15)7-10-12(18)4-3-5-13(10)19/h3-6,8,14,20H,2,7H2,1H3. The number of nitrogens with one attached hydrogen (secondary N) is 1. The molecule has 0 amide bonds. The van der Waals surface area contributed by atoms with Crippen LogP contribution in [0.15, 0.2) is 39.4 Å². The Labute approximate surface area is 139 Å². The first kappa shape index (κ1) is 16.5. The maximum absolute atomic E-state index is 13.8. The average Bonchev–Trinajstić information content (AvgIpc) is 2.42. The zero-order valence-electron chi connectivity index (χ0n) is 11.3. The molecule has 1 aromatic heterocycles. The molecule has 6 heteroatoms. The second-order valence-electron chi connectivity index (χ2n) is 4.54. The highest BCUT2D eigenvalue weighted by Crippen LogP contribution is 2.28. The fraction of sp³-hybridized carbons (Fsp3) is 0.267. The molecule has 2 aromatic rings. The number of nitrogens with zero attached hydrogens (tertiary/aromatic N) is 1. The number of aromatic nitrogens is 1. The van der Waals surface area contributed by atoms with E-state index in [1.54, 1.807) is 6.20 Å². The zero-order valence-corrected chi connectivity index (χ0v) is 14.5. The lowest BCUT2D eigenvalue weighted by atomic mass is 10.0. The average molecular weight is 420 g/mol. The molecule has 0 bridgehead atoms. The smallest absolute Gasteiger partial charge is 0.129 e. The minimum atomic E-state index is -0.536. The molecule has 2 rings (SSSR count). The Morgan fingerprint density at radius 1 is 1.24 bits per heavy atom. The largest absolute Gasteiger partial charge is 0.309 e. The van der Waals surface area contributed by atoms with E-state index >= 15 is 0 Å². The van der Waals surface area contributed by atoms with Gasteiger partial charge in [0, 0.05) is 20.7 Å². The molecule has 0 saturated carbocycles. The van der Waals surface area contributed by atoms with E-state index in [1.165, 1.54) is 18.2 Å². The van der Waals surface area contributed by atoms with Gasteiger partial charge < -0.3 is 5.32 Å². The molecule has 112 valence electrons. The lowest BCUT2D eigenvalue weighted by Crippen LogP contribution is -2.25. The van der Waals surface area contributed by atoms with Gasteiger partial charge in [0.25, 0.3) is 0 Å². The van der Waals surface area contributed by atoms with Crippen LogP contribution in [-0.2, 0) is 6.42 Å². The summed E-state index contributed by atoms with van der Waals surface area (Å²) in [4.78, 5) is 4.35. The van der Waals surface area contributed by atoms with Crippen molar-refractivity contribution in [3.05, 3.63) is 62.3 Å². The number of pyridine rings is 1. The first-order chi connectivity index (χ1) is 10.0. The van der Waals surface area contributed by atoms with Crippen molar-refractivity contribution in [1.29, 1.82) is 0 Å². The third kappa shape index (κ3) is 4.08. The third-order valence-corrected chi connectivity index (χ3v) is 4.16. The van der Waals surface area contributed by atoms with Crippen LogP contribution in [0.4, 0.5) is 8.78 Å². The minimum Gasteiger partial charge on any atom is -0.309 e. The fourth-order valence-corrected chi connectivity index (χ4v) is 3.39. The van der Waals surface area contributed by atoms with Crippen molar-refractivity contribution in [3.8, 4) is 0 Å². The van der Waals surface area contributed by atoms with Crippen molar-refractivity contribution in [2.45, 2.75) is 19.4 Å². The predicted molar refractivity (Wildman–Crippen MR) is 86.1 cm³/mol. The molecule has 0 radical (unpaired) electrons. The van der Waals surface area contributed by atoms with Crippen LogP contribution in [0.25, 0.3) is 0 Å². The summed E-state index contributed by atoms with van der Waals surface area (Å²) in [6.45, 7) is 2.61. The molecule has 0 saturated heterocycles. The summed E-state index contributed by atoms with van der Waals surface area (Å²) in [5.41, 5.74) is 0.794. The Hall–Kier alpha value is -0.850. The van der Waals surface area contributed by atoms with E-state index in [-0.39, 0.29) is 18.0 Å². The highest BCUT2D eigenvalue weighted by Gasteiger charge is 2.20. The fourth-order valence-electron chi connectivity index (χ4n) is 2.12. The van der Waals surface area contributed by atoms with E-state index in [2.05, 4.69) is 42.2 Å². The van der Waals surface area contributed by atoms with Gasteiger partial charge in [-0.2, -0.15) is 0 Å². The Balaban J connectivity index is 2.35. The van der Waals surface area contributed by atoms with E-state index in [0.29, 0.717) is 6.54 Å². The van der Waals surface area contributed by atoms with Crippen LogP contribution >= 0.6 is 31.9 Å². The van der Waals surface area contributed by atoms with Crippen molar-refractivity contribution in [2.75, 3.05) is 6.54 Å². The van der Waals surface area contributed by atoms with Crippen LogP contribution in [0.2, 0.25) is 0 Å². The molecule has 1 atom stereocenters. The van der Waals surface area contributed by atoms with E-state index in [1.807, 2.05) is 13.0 Å². The van der Waals surface area contributed by atoms with E-state index in [9.17, 15) is 8.78 Å². The van der Waals surface area contributed by atoms with Gasteiger partial charge in [-0.1, -0.05) is 13.0 Å². The molecule has 0 spiro atoms. The van der Waals surface area contributed by atoms with Gasteiger partial charge in [0.05, 0.1) is 11.7 Å². The van der Waals surface area contributed by atoms with Crippen LogP contribution < -0.4 is 5.32 Å². The molecule has 0 fully saturated rings. The van der Waals surface area contributed by atoms with Crippen molar-refractivity contribution in [1.82, 2.24) is 10.3 Å². The highest BCUT2D eigenvalue weighted by molar-refractivity contribution is 9.11. The van der Waals surface area contributed by atoms with Gasteiger partial charge in [0.15, 0.2) is 0 Å². The number of hydrogen-bond donors (Lipinski definition) is 1. The van der Waals surface area contributed by atoms with E-state index in [4.69, 9.17) is 0 Å². The molecule has 0 aliphatic heterocycles. The van der Waals surface area contributed by atoms with Gasteiger partial charge in [0.1, 0.15) is 11.6 Å². The van der Waals surface area contributed by atoms with E-state index < -0.39 is 11.6 Å². The van der Waals surface area contributed by atoms with Crippen molar-refractivity contribution >= 4 is 31.9 Å². The molecule has 2 nitrogen and oxygen atoms in total.